The van der Waals surface area contributed by atoms with Gasteiger partial charge in [0.05, 0.1) is 5.41 Å². The molecule has 1 aliphatic rings. The molecule has 4 aromatic rings. The lowest BCUT2D eigenvalue weighted by Crippen LogP contribution is -2.29. The van der Waals surface area contributed by atoms with Crippen molar-refractivity contribution >= 4 is 37.5 Å². The average Bonchev–Trinajstić information content (AvgIpc) is 3.13. The first-order chi connectivity index (χ1) is 17.0. The Balaban J connectivity index is 1.73. The molecule has 0 unspecified atom stereocenters. The van der Waals surface area contributed by atoms with E-state index in [1.165, 1.54) is 70.3 Å². The van der Waals surface area contributed by atoms with Gasteiger partial charge in [-0.05, 0) is 83.1 Å². The third-order valence-electron chi connectivity index (χ3n) is 7.17. The Labute approximate surface area is 226 Å². The van der Waals surface area contributed by atoms with Crippen LogP contribution in [0, 0.1) is 6.92 Å². The van der Waals surface area contributed by atoms with Crippen molar-refractivity contribution in [2.24, 2.45) is 0 Å². The lowest BCUT2D eigenvalue weighted by atomic mass is 9.67. The summed E-state index contributed by atoms with van der Waals surface area (Å²) in [5.74, 6) is 0. The standard InChI is InChI=1S/C32H31Br2N/c1-3-4-5-6-17-35-27-12-8-11-24(19-27)32(23-10-7-9-22(2)18-23)30-20-25(33)13-15-28(30)29-16-14-26(34)21-31(29)32/h7-16,18-21,35H,3-6,17H2,1-2H3. The van der Waals surface area contributed by atoms with Crippen LogP contribution in [0.2, 0.25) is 0 Å². The third-order valence-corrected chi connectivity index (χ3v) is 8.15. The summed E-state index contributed by atoms with van der Waals surface area (Å²) in [7, 11) is 0. The van der Waals surface area contributed by atoms with E-state index < -0.39 is 5.41 Å². The van der Waals surface area contributed by atoms with Crippen LogP contribution in [0.3, 0.4) is 0 Å². The van der Waals surface area contributed by atoms with E-state index in [-0.39, 0.29) is 0 Å². The van der Waals surface area contributed by atoms with Crippen LogP contribution in [-0.4, -0.2) is 6.54 Å². The second-order valence-electron chi connectivity index (χ2n) is 9.57. The monoisotopic (exact) mass is 587 g/mol. The molecule has 1 nitrogen and oxygen atoms in total. The minimum absolute atomic E-state index is 0.399. The second kappa shape index (κ2) is 10.3. The van der Waals surface area contributed by atoms with Crippen LogP contribution >= 0.6 is 31.9 Å². The van der Waals surface area contributed by atoms with Crippen LogP contribution in [0.15, 0.2) is 93.9 Å². The molecule has 0 atom stereocenters. The fourth-order valence-electron chi connectivity index (χ4n) is 5.58. The van der Waals surface area contributed by atoms with Crippen LogP contribution < -0.4 is 5.32 Å². The van der Waals surface area contributed by atoms with Gasteiger partial charge >= 0.3 is 0 Å². The van der Waals surface area contributed by atoms with Gasteiger partial charge in [-0.25, -0.2) is 0 Å². The molecule has 0 heterocycles. The molecular weight excluding hydrogens is 558 g/mol. The number of fused-ring (bicyclic) bond motifs is 3. The number of unbranched alkanes of at least 4 members (excludes halogenated alkanes) is 3. The Hall–Kier alpha value is -2.36. The smallest absolute Gasteiger partial charge is 0.0715 e. The molecule has 0 aromatic heterocycles. The first kappa shape index (κ1) is 24.3. The van der Waals surface area contributed by atoms with Crippen molar-refractivity contribution in [1.29, 1.82) is 0 Å². The molecule has 5 rings (SSSR count). The SMILES string of the molecule is CCCCCCNc1cccc(C2(c3cccc(C)c3)c3cc(Br)ccc3-c3ccc(Br)cc32)c1. The number of benzene rings is 4. The fourth-order valence-corrected chi connectivity index (χ4v) is 6.30. The van der Waals surface area contributed by atoms with Gasteiger partial charge in [-0.1, -0.05) is 112 Å². The summed E-state index contributed by atoms with van der Waals surface area (Å²) >= 11 is 7.57. The Bertz CT molecular complexity index is 1310. The van der Waals surface area contributed by atoms with Crippen molar-refractivity contribution in [3.05, 3.63) is 122 Å². The normalized spacial score (nSPS) is 13.4. The number of anilines is 1. The van der Waals surface area contributed by atoms with E-state index in [0.717, 1.165) is 15.5 Å². The first-order valence-corrected chi connectivity index (χ1v) is 14.1. The molecule has 0 saturated heterocycles. The van der Waals surface area contributed by atoms with Crippen LogP contribution in [0.4, 0.5) is 5.69 Å². The first-order valence-electron chi connectivity index (χ1n) is 12.6. The zero-order chi connectivity index (χ0) is 24.4. The van der Waals surface area contributed by atoms with Gasteiger partial charge in [0, 0.05) is 21.2 Å². The van der Waals surface area contributed by atoms with Gasteiger partial charge in [0.2, 0.25) is 0 Å². The number of nitrogens with one attached hydrogen (secondary N) is 1. The van der Waals surface area contributed by atoms with E-state index in [2.05, 4.69) is 136 Å². The van der Waals surface area contributed by atoms with Gasteiger partial charge < -0.3 is 5.32 Å². The van der Waals surface area contributed by atoms with Gasteiger partial charge in [-0.3, -0.25) is 0 Å². The van der Waals surface area contributed by atoms with Crippen LogP contribution in [0.1, 0.15) is 60.4 Å². The largest absolute Gasteiger partial charge is 0.385 e. The maximum absolute atomic E-state index is 3.78. The van der Waals surface area contributed by atoms with Gasteiger partial charge in [0.15, 0.2) is 0 Å². The molecule has 178 valence electrons. The lowest BCUT2D eigenvalue weighted by molar-refractivity contribution is 0.685. The van der Waals surface area contributed by atoms with Crippen molar-refractivity contribution in [2.45, 2.75) is 44.9 Å². The molecular formula is C32H31Br2N. The van der Waals surface area contributed by atoms with Crippen molar-refractivity contribution in [3.63, 3.8) is 0 Å². The highest BCUT2D eigenvalue weighted by atomic mass is 79.9. The summed E-state index contributed by atoms with van der Waals surface area (Å²) in [4.78, 5) is 0. The highest BCUT2D eigenvalue weighted by Gasteiger charge is 2.46. The van der Waals surface area contributed by atoms with Crippen molar-refractivity contribution in [3.8, 4) is 11.1 Å². The van der Waals surface area contributed by atoms with Crippen molar-refractivity contribution < 1.29 is 0 Å². The Morgan fingerprint density at radius 3 is 1.94 bits per heavy atom. The number of rotatable bonds is 8. The van der Waals surface area contributed by atoms with E-state index in [9.17, 15) is 0 Å². The summed E-state index contributed by atoms with van der Waals surface area (Å²) < 4.78 is 2.20. The molecule has 1 N–H and O–H groups in total. The topological polar surface area (TPSA) is 12.0 Å². The average molecular weight is 589 g/mol. The summed E-state index contributed by atoms with van der Waals surface area (Å²) in [6.07, 6.45) is 5.04. The number of halogens is 2. The molecule has 0 fully saturated rings. The molecule has 0 aliphatic heterocycles. The quantitative estimate of drug-likeness (QED) is 0.178. The molecule has 1 aliphatic carbocycles. The van der Waals surface area contributed by atoms with Gasteiger partial charge in [0.1, 0.15) is 0 Å². The number of hydrogen-bond acceptors (Lipinski definition) is 1. The number of hydrogen-bond donors (Lipinski definition) is 1. The Morgan fingerprint density at radius 1 is 0.686 bits per heavy atom. The lowest BCUT2D eigenvalue weighted by Gasteiger charge is -2.34. The van der Waals surface area contributed by atoms with E-state index in [4.69, 9.17) is 0 Å². The van der Waals surface area contributed by atoms with Crippen LogP contribution in [-0.2, 0) is 5.41 Å². The molecule has 0 bridgehead atoms. The highest BCUT2D eigenvalue weighted by Crippen LogP contribution is 2.57. The molecule has 0 spiro atoms. The summed E-state index contributed by atoms with van der Waals surface area (Å²) in [6.45, 7) is 5.45. The number of aryl methyl sites for hydroxylation is 1. The summed E-state index contributed by atoms with van der Waals surface area (Å²) in [6, 6.07) is 31.6. The summed E-state index contributed by atoms with van der Waals surface area (Å²) in [5, 5.41) is 3.70. The predicted molar refractivity (Wildman–Crippen MR) is 157 cm³/mol. The van der Waals surface area contributed by atoms with E-state index >= 15 is 0 Å². The molecule has 35 heavy (non-hydrogen) atoms. The summed E-state index contributed by atoms with van der Waals surface area (Å²) in [5.41, 5.74) is 9.90. The second-order valence-corrected chi connectivity index (χ2v) is 11.4. The predicted octanol–water partition coefficient (Wildman–Crippen LogP) is 9.88. The van der Waals surface area contributed by atoms with Crippen molar-refractivity contribution in [2.75, 3.05) is 11.9 Å². The molecule has 0 radical (unpaired) electrons. The third kappa shape index (κ3) is 4.49. The highest BCUT2D eigenvalue weighted by molar-refractivity contribution is 9.10. The molecule has 0 amide bonds. The Kier molecular flexibility index (Phi) is 7.18. The minimum atomic E-state index is -0.399. The molecule has 0 saturated carbocycles. The van der Waals surface area contributed by atoms with Gasteiger partial charge in [-0.15, -0.1) is 0 Å². The Morgan fingerprint density at radius 2 is 1.31 bits per heavy atom. The molecule has 3 heteroatoms. The minimum Gasteiger partial charge on any atom is -0.385 e. The molecule has 4 aromatic carbocycles. The zero-order valence-electron chi connectivity index (χ0n) is 20.4. The van der Waals surface area contributed by atoms with Crippen molar-refractivity contribution in [1.82, 2.24) is 0 Å². The zero-order valence-corrected chi connectivity index (χ0v) is 23.5. The van der Waals surface area contributed by atoms with Crippen LogP contribution in [0.5, 0.6) is 0 Å². The van der Waals surface area contributed by atoms with Crippen LogP contribution in [0.25, 0.3) is 11.1 Å². The van der Waals surface area contributed by atoms with E-state index in [0.29, 0.717) is 0 Å². The van der Waals surface area contributed by atoms with Gasteiger partial charge in [0.25, 0.3) is 0 Å². The van der Waals surface area contributed by atoms with E-state index in [1.807, 2.05) is 0 Å². The maximum Gasteiger partial charge on any atom is 0.0715 e. The fraction of sp³-hybridized carbons (Fsp3) is 0.250. The maximum atomic E-state index is 3.78. The van der Waals surface area contributed by atoms with Gasteiger partial charge in [-0.2, -0.15) is 0 Å². The van der Waals surface area contributed by atoms with E-state index in [1.54, 1.807) is 0 Å².